The molecule has 16 heavy (non-hydrogen) atoms. The van der Waals surface area contributed by atoms with Gasteiger partial charge in [0.25, 0.3) is 0 Å². The summed E-state index contributed by atoms with van der Waals surface area (Å²) in [6, 6.07) is 1.68. The molecular weight excluding hydrogens is 196 g/mol. The van der Waals surface area contributed by atoms with Crippen molar-refractivity contribution in [3.05, 3.63) is 0 Å². The molecule has 92 valence electrons. The fourth-order valence-corrected chi connectivity index (χ4v) is 3.77. The van der Waals surface area contributed by atoms with Crippen LogP contribution in [0.2, 0.25) is 0 Å². The maximum Gasteiger partial charge on any atom is 0.0250 e. The Hall–Kier alpha value is -0.0800. The number of nitrogens with one attached hydrogen (secondary N) is 1. The molecule has 1 aliphatic carbocycles. The molecule has 3 aliphatic rings. The minimum atomic E-state index is 0.673. The monoisotopic (exact) mass is 222 g/mol. The van der Waals surface area contributed by atoms with Crippen molar-refractivity contribution in [1.29, 1.82) is 0 Å². The van der Waals surface area contributed by atoms with Gasteiger partial charge >= 0.3 is 0 Å². The molecule has 3 fully saturated rings. The first-order chi connectivity index (χ1) is 7.71. The molecule has 0 radical (unpaired) electrons. The highest BCUT2D eigenvalue weighted by Gasteiger charge is 2.46. The predicted molar refractivity (Wildman–Crippen MR) is 67.5 cm³/mol. The van der Waals surface area contributed by atoms with Crippen LogP contribution < -0.4 is 5.32 Å². The molecule has 2 nitrogen and oxygen atoms in total. The first-order valence-electron chi connectivity index (χ1n) is 7.19. The van der Waals surface area contributed by atoms with Crippen LogP contribution in [0.4, 0.5) is 0 Å². The lowest BCUT2D eigenvalue weighted by Crippen LogP contribution is -2.42. The SMILES string of the molecule is CC(C)C1(CNC2CCN3CCCC23)CC1. The van der Waals surface area contributed by atoms with Gasteiger partial charge in [-0.1, -0.05) is 13.8 Å². The van der Waals surface area contributed by atoms with Gasteiger partial charge < -0.3 is 5.32 Å². The van der Waals surface area contributed by atoms with E-state index in [2.05, 4.69) is 24.1 Å². The van der Waals surface area contributed by atoms with E-state index in [0.29, 0.717) is 5.41 Å². The van der Waals surface area contributed by atoms with Crippen molar-refractivity contribution < 1.29 is 0 Å². The lowest BCUT2D eigenvalue weighted by atomic mass is 9.92. The maximum absolute atomic E-state index is 3.90. The second-order valence-electron chi connectivity index (χ2n) is 6.54. The molecule has 2 heteroatoms. The quantitative estimate of drug-likeness (QED) is 0.785. The van der Waals surface area contributed by atoms with E-state index in [4.69, 9.17) is 0 Å². The fourth-order valence-electron chi connectivity index (χ4n) is 3.77. The molecule has 0 aromatic rings. The van der Waals surface area contributed by atoms with Gasteiger partial charge in [0.1, 0.15) is 0 Å². The van der Waals surface area contributed by atoms with E-state index in [1.807, 2.05) is 0 Å². The van der Waals surface area contributed by atoms with Crippen LogP contribution in [0.15, 0.2) is 0 Å². The summed E-state index contributed by atoms with van der Waals surface area (Å²) in [5, 5.41) is 3.90. The van der Waals surface area contributed by atoms with Crippen LogP contribution in [0, 0.1) is 11.3 Å². The zero-order chi connectivity index (χ0) is 11.2. The average Bonchev–Trinajstić information content (AvgIpc) is 2.75. The number of nitrogens with zero attached hydrogens (tertiary/aromatic N) is 1. The molecule has 0 spiro atoms. The van der Waals surface area contributed by atoms with Crippen molar-refractivity contribution in [2.75, 3.05) is 19.6 Å². The van der Waals surface area contributed by atoms with Gasteiger partial charge in [0.2, 0.25) is 0 Å². The summed E-state index contributed by atoms with van der Waals surface area (Å²) < 4.78 is 0. The Morgan fingerprint density at radius 1 is 1.25 bits per heavy atom. The Labute approximate surface area is 99.8 Å². The van der Waals surface area contributed by atoms with Gasteiger partial charge in [0.05, 0.1) is 0 Å². The van der Waals surface area contributed by atoms with Gasteiger partial charge in [-0.3, -0.25) is 4.90 Å². The lowest BCUT2D eigenvalue weighted by molar-refractivity contribution is 0.273. The zero-order valence-electron chi connectivity index (χ0n) is 10.8. The van der Waals surface area contributed by atoms with Crippen LogP contribution in [0.3, 0.4) is 0 Å². The van der Waals surface area contributed by atoms with Gasteiger partial charge in [-0.05, 0) is 50.0 Å². The molecule has 0 amide bonds. The summed E-state index contributed by atoms with van der Waals surface area (Å²) in [6.45, 7) is 8.77. The summed E-state index contributed by atoms with van der Waals surface area (Å²) in [5.74, 6) is 0.862. The standard InChI is InChI=1S/C14H26N2/c1-11(2)14(6-7-14)10-15-12-5-9-16-8-3-4-13(12)16/h11-13,15H,3-10H2,1-2H3. The van der Waals surface area contributed by atoms with Gasteiger partial charge in [0.15, 0.2) is 0 Å². The van der Waals surface area contributed by atoms with Gasteiger partial charge in [-0.15, -0.1) is 0 Å². The predicted octanol–water partition coefficient (Wildman–Crippen LogP) is 2.25. The first-order valence-corrected chi connectivity index (χ1v) is 7.19. The molecule has 2 saturated heterocycles. The average molecular weight is 222 g/mol. The summed E-state index contributed by atoms with van der Waals surface area (Å²) in [7, 11) is 0. The van der Waals surface area contributed by atoms with Crippen molar-refractivity contribution in [3.63, 3.8) is 0 Å². The Bertz CT molecular complexity index is 257. The van der Waals surface area contributed by atoms with E-state index in [9.17, 15) is 0 Å². The highest BCUT2D eigenvalue weighted by molar-refractivity contribution is 5.01. The van der Waals surface area contributed by atoms with Crippen LogP contribution in [-0.2, 0) is 0 Å². The largest absolute Gasteiger partial charge is 0.312 e. The molecule has 2 atom stereocenters. The molecule has 0 aromatic heterocycles. The number of hydrogen-bond donors (Lipinski definition) is 1. The third kappa shape index (κ3) is 1.80. The smallest absolute Gasteiger partial charge is 0.0250 e. The van der Waals surface area contributed by atoms with Crippen molar-refractivity contribution in [2.24, 2.45) is 11.3 Å². The van der Waals surface area contributed by atoms with Crippen LogP contribution in [0.5, 0.6) is 0 Å². The van der Waals surface area contributed by atoms with E-state index >= 15 is 0 Å². The highest BCUT2D eigenvalue weighted by atomic mass is 15.2. The summed E-state index contributed by atoms with van der Waals surface area (Å²) in [4.78, 5) is 2.70. The molecule has 2 unspecified atom stereocenters. The third-order valence-corrected chi connectivity index (χ3v) is 5.44. The van der Waals surface area contributed by atoms with Crippen LogP contribution >= 0.6 is 0 Å². The minimum absolute atomic E-state index is 0.673. The molecule has 1 N–H and O–H groups in total. The minimum Gasteiger partial charge on any atom is -0.312 e. The molecular formula is C14H26N2. The second kappa shape index (κ2) is 3.99. The van der Waals surface area contributed by atoms with Crippen LogP contribution in [0.25, 0.3) is 0 Å². The summed E-state index contributed by atoms with van der Waals surface area (Å²) in [6.07, 6.45) is 7.17. The van der Waals surface area contributed by atoms with Crippen LogP contribution in [-0.4, -0.2) is 36.6 Å². The van der Waals surface area contributed by atoms with E-state index in [-0.39, 0.29) is 0 Å². The maximum atomic E-state index is 3.90. The van der Waals surface area contributed by atoms with Crippen molar-refractivity contribution in [1.82, 2.24) is 10.2 Å². The zero-order valence-corrected chi connectivity index (χ0v) is 10.8. The third-order valence-electron chi connectivity index (χ3n) is 5.44. The summed E-state index contributed by atoms with van der Waals surface area (Å²) in [5.41, 5.74) is 0.673. The van der Waals surface area contributed by atoms with Gasteiger partial charge in [-0.25, -0.2) is 0 Å². The lowest BCUT2D eigenvalue weighted by Gasteiger charge is -2.26. The summed E-state index contributed by atoms with van der Waals surface area (Å²) >= 11 is 0. The molecule has 0 aromatic carbocycles. The van der Waals surface area contributed by atoms with Gasteiger partial charge in [0, 0.05) is 25.2 Å². The molecule has 3 rings (SSSR count). The first kappa shape index (κ1) is 11.0. The number of hydrogen-bond acceptors (Lipinski definition) is 2. The van der Waals surface area contributed by atoms with Crippen molar-refractivity contribution in [2.45, 2.75) is 58.0 Å². The Kier molecular flexibility index (Phi) is 2.75. The van der Waals surface area contributed by atoms with E-state index in [1.54, 1.807) is 0 Å². The van der Waals surface area contributed by atoms with Gasteiger partial charge in [-0.2, -0.15) is 0 Å². The molecule has 0 bridgehead atoms. The van der Waals surface area contributed by atoms with E-state index in [0.717, 1.165) is 18.0 Å². The Morgan fingerprint density at radius 3 is 2.75 bits per heavy atom. The topological polar surface area (TPSA) is 15.3 Å². The number of rotatable bonds is 4. The highest BCUT2D eigenvalue weighted by Crippen LogP contribution is 2.51. The van der Waals surface area contributed by atoms with Crippen molar-refractivity contribution >= 4 is 0 Å². The number of fused-ring (bicyclic) bond motifs is 1. The second-order valence-corrected chi connectivity index (χ2v) is 6.54. The van der Waals surface area contributed by atoms with Crippen molar-refractivity contribution in [3.8, 4) is 0 Å². The fraction of sp³-hybridized carbons (Fsp3) is 1.00. The van der Waals surface area contributed by atoms with E-state index < -0.39 is 0 Å². The molecule has 2 aliphatic heterocycles. The molecule has 1 saturated carbocycles. The normalized spacial score (nSPS) is 36.9. The Balaban J connectivity index is 1.52. The van der Waals surface area contributed by atoms with Crippen LogP contribution in [0.1, 0.15) is 46.0 Å². The van der Waals surface area contributed by atoms with E-state index in [1.165, 1.54) is 51.7 Å². The Morgan fingerprint density at radius 2 is 2.06 bits per heavy atom. The molecule has 2 heterocycles.